The van der Waals surface area contributed by atoms with Crippen LogP contribution in [0.1, 0.15) is 44.8 Å². The van der Waals surface area contributed by atoms with E-state index >= 15 is 0 Å². The zero-order valence-electron chi connectivity index (χ0n) is 14.6. The van der Waals surface area contributed by atoms with Crippen LogP contribution >= 0.6 is 11.3 Å². The molecule has 3 rings (SSSR count). The number of rotatable bonds is 4. The minimum absolute atomic E-state index is 0.240. The number of allylic oxidation sites excluding steroid dienone is 1. The van der Waals surface area contributed by atoms with Crippen molar-refractivity contribution in [1.29, 1.82) is 0 Å². The van der Waals surface area contributed by atoms with Gasteiger partial charge in [0.25, 0.3) is 0 Å². The van der Waals surface area contributed by atoms with Gasteiger partial charge in [-0.25, -0.2) is 0 Å². The molecule has 0 radical (unpaired) electrons. The fourth-order valence-electron chi connectivity index (χ4n) is 3.00. The van der Waals surface area contributed by atoms with E-state index in [-0.39, 0.29) is 5.92 Å². The van der Waals surface area contributed by atoms with Gasteiger partial charge in [-0.05, 0) is 48.7 Å². The maximum atomic E-state index is 13.2. The summed E-state index contributed by atoms with van der Waals surface area (Å²) < 4.78 is 39.6. The summed E-state index contributed by atoms with van der Waals surface area (Å²) in [4.78, 5) is 2.05. The molecule has 0 nitrogen and oxygen atoms in total. The van der Waals surface area contributed by atoms with E-state index in [1.54, 1.807) is 17.4 Å². The number of aryl methyl sites for hydroxylation is 1. The molecule has 0 bridgehead atoms. The summed E-state index contributed by atoms with van der Waals surface area (Å²) >= 11 is 1.58. The molecule has 4 heteroatoms. The minimum atomic E-state index is -4.36. The Bertz CT molecular complexity index is 934. The lowest BCUT2D eigenvalue weighted by Crippen LogP contribution is -2.08. The SMILES string of the molecule is C=C(C)c1ccc(C(c2cccc(C)c2)c2cccc(C(F)(F)F)c2)s1. The van der Waals surface area contributed by atoms with Crippen LogP contribution < -0.4 is 0 Å². The predicted molar refractivity (Wildman–Crippen MR) is 103 cm³/mol. The molecule has 0 spiro atoms. The summed E-state index contributed by atoms with van der Waals surface area (Å²) in [7, 11) is 0. The van der Waals surface area contributed by atoms with Crippen LogP contribution in [0.2, 0.25) is 0 Å². The monoisotopic (exact) mass is 372 g/mol. The molecule has 1 unspecified atom stereocenters. The summed E-state index contributed by atoms with van der Waals surface area (Å²) in [5.74, 6) is -0.240. The number of thiophene rings is 1. The van der Waals surface area contributed by atoms with Gasteiger partial charge in [0.05, 0.1) is 5.56 Å². The minimum Gasteiger partial charge on any atom is -0.166 e. The second-order valence-electron chi connectivity index (χ2n) is 6.45. The summed E-state index contributed by atoms with van der Waals surface area (Å²) in [6, 6.07) is 17.5. The Balaban J connectivity index is 2.16. The number of halogens is 3. The van der Waals surface area contributed by atoms with Crippen molar-refractivity contribution in [3.8, 4) is 0 Å². The van der Waals surface area contributed by atoms with Crippen molar-refractivity contribution in [3.05, 3.63) is 99.3 Å². The third-order valence-corrected chi connectivity index (χ3v) is 5.57. The Morgan fingerprint density at radius 1 is 0.962 bits per heavy atom. The lowest BCUT2D eigenvalue weighted by atomic mass is 9.88. The van der Waals surface area contributed by atoms with Crippen LogP contribution in [0, 0.1) is 6.92 Å². The van der Waals surface area contributed by atoms with Gasteiger partial charge in [-0.3, -0.25) is 0 Å². The fourth-order valence-corrected chi connectivity index (χ4v) is 4.09. The molecule has 0 fully saturated rings. The Kier molecular flexibility index (Phi) is 5.05. The maximum Gasteiger partial charge on any atom is 0.416 e. The molecule has 1 atom stereocenters. The Morgan fingerprint density at radius 3 is 2.19 bits per heavy atom. The van der Waals surface area contributed by atoms with E-state index in [1.165, 1.54) is 12.1 Å². The van der Waals surface area contributed by atoms with Crippen LogP contribution in [0.5, 0.6) is 0 Å². The lowest BCUT2D eigenvalue weighted by molar-refractivity contribution is -0.137. The number of benzene rings is 2. The molecule has 1 aromatic heterocycles. The molecular formula is C22H19F3S. The van der Waals surface area contributed by atoms with Crippen LogP contribution in [0.4, 0.5) is 13.2 Å². The number of alkyl halides is 3. The molecule has 0 amide bonds. The van der Waals surface area contributed by atoms with Gasteiger partial charge in [0.1, 0.15) is 0 Å². The van der Waals surface area contributed by atoms with Crippen molar-refractivity contribution >= 4 is 16.9 Å². The molecule has 0 saturated heterocycles. The Labute approximate surface area is 155 Å². The van der Waals surface area contributed by atoms with Crippen LogP contribution in [-0.2, 0) is 6.18 Å². The van der Waals surface area contributed by atoms with Crippen molar-refractivity contribution < 1.29 is 13.2 Å². The van der Waals surface area contributed by atoms with Crippen LogP contribution in [0.3, 0.4) is 0 Å². The third-order valence-electron chi connectivity index (χ3n) is 4.25. The van der Waals surface area contributed by atoms with Gasteiger partial charge in [0.15, 0.2) is 0 Å². The van der Waals surface area contributed by atoms with Gasteiger partial charge in [-0.2, -0.15) is 13.2 Å². The predicted octanol–water partition coefficient (Wildman–Crippen LogP) is 7.29. The van der Waals surface area contributed by atoms with E-state index in [9.17, 15) is 13.2 Å². The molecule has 0 N–H and O–H groups in total. The standard InChI is InChI=1S/C22H19F3S/c1-14(2)19-10-11-20(26-19)21(16-7-4-6-15(3)12-16)17-8-5-9-18(13-17)22(23,24)25/h4-13,21H,1H2,2-3H3. The van der Waals surface area contributed by atoms with E-state index in [0.717, 1.165) is 32.5 Å². The summed E-state index contributed by atoms with van der Waals surface area (Å²) in [5, 5.41) is 0. The molecular weight excluding hydrogens is 353 g/mol. The fraction of sp³-hybridized carbons (Fsp3) is 0.182. The van der Waals surface area contributed by atoms with Gasteiger partial charge in [-0.1, -0.05) is 54.6 Å². The lowest BCUT2D eigenvalue weighted by Gasteiger charge is -2.19. The first-order chi connectivity index (χ1) is 12.3. The Hall–Kier alpha value is -2.33. The molecule has 1 heterocycles. The van der Waals surface area contributed by atoms with Crippen LogP contribution in [0.15, 0.2) is 67.2 Å². The highest BCUT2D eigenvalue weighted by atomic mass is 32.1. The van der Waals surface area contributed by atoms with Crippen molar-refractivity contribution in [3.63, 3.8) is 0 Å². The molecule has 2 aromatic carbocycles. The van der Waals surface area contributed by atoms with E-state index in [4.69, 9.17) is 0 Å². The highest BCUT2D eigenvalue weighted by Gasteiger charge is 2.31. The van der Waals surface area contributed by atoms with Crippen LogP contribution in [0.25, 0.3) is 5.57 Å². The third kappa shape index (κ3) is 3.91. The van der Waals surface area contributed by atoms with Gasteiger partial charge < -0.3 is 0 Å². The zero-order valence-corrected chi connectivity index (χ0v) is 15.4. The quantitative estimate of drug-likeness (QED) is 0.451. The van der Waals surface area contributed by atoms with Gasteiger partial charge in [-0.15, -0.1) is 11.3 Å². The van der Waals surface area contributed by atoms with E-state index < -0.39 is 11.7 Å². The smallest absolute Gasteiger partial charge is 0.166 e. The van der Waals surface area contributed by atoms with Crippen LogP contribution in [-0.4, -0.2) is 0 Å². The summed E-state index contributed by atoms with van der Waals surface area (Å²) in [6.07, 6.45) is -4.36. The molecule has 0 saturated carbocycles. The summed E-state index contributed by atoms with van der Waals surface area (Å²) in [6.45, 7) is 7.88. The zero-order chi connectivity index (χ0) is 18.9. The topological polar surface area (TPSA) is 0 Å². The summed E-state index contributed by atoms with van der Waals surface area (Å²) in [5.41, 5.74) is 3.04. The first-order valence-electron chi connectivity index (χ1n) is 8.25. The molecule has 0 aliphatic heterocycles. The largest absolute Gasteiger partial charge is 0.416 e. The average Bonchev–Trinajstić information content (AvgIpc) is 3.05. The highest BCUT2D eigenvalue weighted by molar-refractivity contribution is 7.13. The maximum absolute atomic E-state index is 13.2. The number of hydrogen-bond acceptors (Lipinski definition) is 1. The van der Waals surface area contributed by atoms with Crippen molar-refractivity contribution in [1.82, 2.24) is 0 Å². The normalized spacial score (nSPS) is 12.8. The average molecular weight is 372 g/mol. The van der Waals surface area contributed by atoms with Gasteiger partial charge >= 0.3 is 6.18 Å². The highest BCUT2D eigenvalue weighted by Crippen LogP contribution is 2.39. The number of hydrogen-bond donors (Lipinski definition) is 0. The molecule has 134 valence electrons. The first kappa shape index (κ1) is 18.5. The van der Waals surface area contributed by atoms with E-state index in [2.05, 4.69) is 6.58 Å². The van der Waals surface area contributed by atoms with E-state index in [0.29, 0.717) is 5.56 Å². The van der Waals surface area contributed by atoms with Crippen molar-refractivity contribution in [2.24, 2.45) is 0 Å². The van der Waals surface area contributed by atoms with Gasteiger partial charge in [0, 0.05) is 15.7 Å². The Morgan fingerprint density at radius 2 is 1.62 bits per heavy atom. The first-order valence-corrected chi connectivity index (χ1v) is 9.06. The molecule has 26 heavy (non-hydrogen) atoms. The second kappa shape index (κ2) is 7.12. The molecule has 3 aromatic rings. The molecule has 0 aliphatic carbocycles. The van der Waals surface area contributed by atoms with E-state index in [1.807, 2.05) is 50.2 Å². The van der Waals surface area contributed by atoms with Crippen molar-refractivity contribution in [2.75, 3.05) is 0 Å². The van der Waals surface area contributed by atoms with Gasteiger partial charge in [0.2, 0.25) is 0 Å². The molecule has 0 aliphatic rings. The van der Waals surface area contributed by atoms with Crippen molar-refractivity contribution in [2.45, 2.75) is 25.9 Å². The second-order valence-corrected chi connectivity index (χ2v) is 7.57.